The van der Waals surface area contributed by atoms with Gasteiger partial charge in [-0.05, 0) is 49.2 Å². The lowest BCUT2D eigenvalue weighted by atomic mass is 9.99. The number of benzene rings is 1. The van der Waals surface area contributed by atoms with Crippen LogP contribution < -0.4 is 10.2 Å². The van der Waals surface area contributed by atoms with E-state index in [2.05, 4.69) is 15.2 Å². The van der Waals surface area contributed by atoms with Gasteiger partial charge in [-0.15, -0.1) is 0 Å². The number of imidazole rings is 1. The van der Waals surface area contributed by atoms with Gasteiger partial charge < -0.3 is 19.4 Å². The van der Waals surface area contributed by atoms with Gasteiger partial charge >= 0.3 is 6.18 Å². The molecule has 0 aliphatic carbocycles. The van der Waals surface area contributed by atoms with Gasteiger partial charge in [0.15, 0.2) is 5.65 Å². The number of rotatable bonds is 5. The highest BCUT2D eigenvalue weighted by Gasteiger charge is 2.36. The number of aryl methyl sites for hydroxylation is 1. The van der Waals surface area contributed by atoms with Gasteiger partial charge in [0.1, 0.15) is 5.82 Å². The second-order valence-corrected chi connectivity index (χ2v) is 9.34. The number of nitrogens with zero attached hydrogens (tertiary/aromatic N) is 4. The second-order valence-electron chi connectivity index (χ2n) is 9.34. The predicted octanol–water partition coefficient (Wildman–Crippen LogP) is 4.11. The first-order valence-corrected chi connectivity index (χ1v) is 11.9. The van der Waals surface area contributed by atoms with Gasteiger partial charge in [-0.1, -0.05) is 0 Å². The maximum Gasteiger partial charge on any atom is 0.401 e. The zero-order chi connectivity index (χ0) is 25.4. The molecule has 11 heteroatoms. The molecule has 0 bridgehead atoms. The normalized spacial score (nSPS) is 19.2. The van der Waals surface area contributed by atoms with Crippen LogP contribution in [0.1, 0.15) is 12.0 Å². The first kappa shape index (κ1) is 24.5. The van der Waals surface area contributed by atoms with Gasteiger partial charge in [0.2, 0.25) is 5.91 Å². The van der Waals surface area contributed by atoms with Crippen LogP contribution in [-0.4, -0.2) is 72.3 Å². The summed E-state index contributed by atoms with van der Waals surface area (Å²) in [5.41, 5.74) is 4.00. The molecule has 1 N–H and O–H groups in total. The van der Waals surface area contributed by atoms with E-state index in [1.165, 1.54) is 11.0 Å². The van der Waals surface area contributed by atoms with Crippen LogP contribution in [-0.2, 0) is 9.53 Å². The summed E-state index contributed by atoms with van der Waals surface area (Å²) in [5.74, 6) is -1.70. The summed E-state index contributed by atoms with van der Waals surface area (Å²) < 4.78 is 60.3. The van der Waals surface area contributed by atoms with E-state index in [1.807, 2.05) is 22.9 Å². The molecule has 0 radical (unpaired) electrons. The number of fused-ring (bicyclic) bond motifs is 1. The number of nitrogens with one attached hydrogen (secondary N) is 1. The summed E-state index contributed by atoms with van der Waals surface area (Å²) in [6.45, 7) is 3.59. The average molecular weight is 506 g/mol. The van der Waals surface area contributed by atoms with Crippen LogP contribution in [0.5, 0.6) is 0 Å². The van der Waals surface area contributed by atoms with Crippen molar-refractivity contribution in [3.63, 3.8) is 0 Å². The Hall–Kier alpha value is -3.18. The van der Waals surface area contributed by atoms with Crippen LogP contribution in [0.25, 0.3) is 16.8 Å². The molecule has 2 aliphatic rings. The standard InChI is InChI=1S/C25H27F4N5O2/c1-16-10-20(26)21(31-24(35)17-2-4-32(13-17)15-25(27,28)29)12-19(16)18-11-22(33-6-8-36-9-7-33)23-30-3-5-34(23)14-18/h3,5,10-12,14,17H,2,4,6-9,13,15H2,1H3,(H,31,35)/t17-/m0/s1. The zero-order valence-corrected chi connectivity index (χ0v) is 19.8. The van der Waals surface area contributed by atoms with E-state index in [4.69, 9.17) is 4.74 Å². The molecule has 36 heavy (non-hydrogen) atoms. The molecule has 2 fully saturated rings. The lowest BCUT2D eigenvalue weighted by Gasteiger charge is -2.29. The Labute approximate surface area is 205 Å². The van der Waals surface area contributed by atoms with E-state index in [0.717, 1.165) is 35.6 Å². The van der Waals surface area contributed by atoms with E-state index in [9.17, 15) is 22.4 Å². The molecule has 7 nitrogen and oxygen atoms in total. The number of aromatic nitrogens is 2. The molecule has 5 rings (SSSR count). The highest BCUT2D eigenvalue weighted by Crippen LogP contribution is 2.34. The van der Waals surface area contributed by atoms with Crippen LogP contribution >= 0.6 is 0 Å². The Kier molecular flexibility index (Phi) is 6.60. The molecule has 2 aromatic heterocycles. The maximum absolute atomic E-state index is 14.9. The van der Waals surface area contributed by atoms with Crippen molar-refractivity contribution < 1.29 is 27.1 Å². The van der Waals surface area contributed by atoms with E-state index in [1.54, 1.807) is 19.2 Å². The van der Waals surface area contributed by atoms with Crippen LogP contribution in [0, 0.1) is 18.7 Å². The van der Waals surface area contributed by atoms with Crippen LogP contribution in [0.3, 0.4) is 0 Å². The molecule has 0 spiro atoms. The molecule has 0 saturated carbocycles. The highest BCUT2D eigenvalue weighted by atomic mass is 19.4. The number of pyridine rings is 1. The minimum Gasteiger partial charge on any atom is -0.378 e. The monoisotopic (exact) mass is 505 g/mol. The van der Waals surface area contributed by atoms with Crippen molar-refractivity contribution in [3.8, 4) is 11.1 Å². The largest absolute Gasteiger partial charge is 0.401 e. The minimum absolute atomic E-state index is 0.00789. The van der Waals surface area contributed by atoms with Gasteiger partial charge in [-0.25, -0.2) is 9.37 Å². The second kappa shape index (κ2) is 9.70. The third-order valence-corrected chi connectivity index (χ3v) is 6.75. The van der Waals surface area contributed by atoms with E-state index >= 15 is 0 Å². The van der Waals surface area contributed by atoms with Crippen LogP contribution in [0.4, 0.5) is 28.9 Å². The summed E-state index contributed by atoms with van der Waals surface area (Å²) in [6, 6.07) is 4.96. The zero-order valence-electron chi connectivity index (χ0n) is 19.8. The smallest absolute Gasteiger partial charge is 0.378 e. The number of hydrogen-bond acceptors (Lipinski definition) is 5. The van der Waals surface area contributed by atoms with Crippen molar-refractivity contribution in [2.45, 2.75) is 19.5 Å². The number of ether oxygens (including phenoxy) is 1. The fourth-order valence-electron chi connectivity index (χ4n) is 4.96. The van der Waals surface area contributed by atoms with E-state index in [-0.39, 0.29) is 18.8 Å². The molecule has 1 aromatic carbocycles. The molecule has 1 atom stereocenters. The summed E-state index contributed by atoms with van der Waals surface area (Å²) in [5, 5.41) is 2.62. The summed E-state index contributed by atoms with van der Waals surface area (Å²) in [7, 11) is 0. The number of carbonyl (C=O) groups excluding carboxylic acids is 1. The number of alkyl halides is 3. The number of carbonyl (C=O) groups is 1. The molecular formula is C25H27F4N5O2. The van der Waals surface area contributed by atoms with Gasteiger partial charge in [0.25, 0.3) is 0 Å². The first-order chi connectivity index (χ1) is 17.2. The third-order valence-electron chi connectivity index (χ3n) is 6.75. The predicted molar refractivity (Wildman–Crippen MR) is 128 cm³/mol. The molecule has 1 amide bonds. The van der Waals surface area contributed by atoms with Crippen LogP contribution in [0.2, 0.25) is 0 Å². The van der Waals surface area contributed by atoms with Gasteiger partial charge in [0.05, 0.1) is 37.1 Å². The maximum atomic E-state index is 14.9. The van der Waals surface area contributed by atoms with Crippen LogP contribution in [0.15, 0.2) is 36.8 Å². The Morgan fingerprint density at radius 1 is 1.19 bits per heavy atom. The first-order valence-electron chi connectivity index (χ1n) is 11.9. The van der Waals surface area contributed by atoms with Gasteiger partial charge in [0, 0.05) is 43.8 Å². The van der Waals surface area contributed by atoms with Gasteiger partial charge in [-0.2, -0.15) is 13.2 Å². The SMILES string of the molecule is Cc1cc(F)c(NC(=O)[C@H]2CCN(CC(F)(F)F)C2)cc1-c1cc(N2CCOCC2)c2nccn2c1. The van der Waals surface area contributed by atoms with Crippen molar-refractivity contribution in [1.29, 1.82) is 0 Å². The van der Waals surface area contributed by atoms with Crippen molar-refractivity contribution >= 4 is 22.9 Å². The Balaban J connectivity index is 1.41. The number of amides is 1. The van der Waals surface area contributed by atoms with E-state index in [0.29, 0.717) is 25.2 Å². The number of likely N-dealkylation sites (tertiary alicyclic amines) is 1. The molecule has 3 aromatic rings. The van der Waals surface area contributed by atoms with Crippen molar-refractivity contribution in [2.75, 3.05) is 56.2 Å². The number of halogens is 4. The molecule has 4 heterocycles. The molecular weight excluding hydrogens is 478 g/mol. The molecule has 2 saturated heterocycles. The molecule has 192 valence electrons. The Morgan fingerprint density at radius 2 is 1.97 bits per heavy atom. The van der Waals surface area contributed by atoms with E-state index < -0.39 is 30.4 Å². The summed E-state index contributed by atoms with van der Waals surface area (Å²) in [6.07, 6.45) is 1.44. The topological polar surface area (TPSA) is 62.1 Å². The fourth-order valence-corrected chi connectivity index (χ4v) is 4.96. The Bertz CT molecular complexity index is 1270. The van der Waals surface area contributed by atoms with Gasteiger partial charge in [-0.3, -0.25) is 9.69 Å². The summed E-state index contributed by atoms with van der Waals surface area (Å²) >= 11 is 0. The number of morpholine rings is 1. The Morgan fingerprint density at radius 3 is 2.72 bits per heavy atom. The quantitative estimate of drug-likeness (QED) is 0.529. The number of hydrogen-bond donors (Lipinski definition) is 1. The fraction of sp³-hybridized carbons (Fsp3) is 0.440. The lowest BCUT2D eigenvalue weighted by Crippen LogP contribution is -2.36. The van der Waals surface area contributed by atoms with Crippen molar-refractivity contribution in [1.82, 2.24) is 14.3 Å². The molecule has 2 aliphatic heterocycles. The number of anilines is 2. The van der Waals surface area contributed by atoms with Crippen molar-refractivity contribution in [2.24, 2.45) is 5.92 Å². The third kappa shape index (κ3) is 5.17. The summed E-state index contributed by atoms with van der Waals surface area (Å²) in [4.78, 5) is 20.7. The minimum atomic E-state index is -4.32. The lowest BCUT2D eigenvalue weighted by molar-refractivity contribution is -0.144. The molecule has 0 unspecified atom stereocenters. The highest BCUT2D eigenvalue weighted by molar-refractivity contribution is 5.94. The van der Waals surface area contributed by atoms with Crippen molar-refractivity contribution in [3.05, 3.63) is 48.2 Å². The average Bonchev–Trinajstić information content (AvgIpc) is 3.49.